The van der Waals surface area contributed by atoms with Crippen molar-refractivity contribution in [2.24, 2.45) is 0 Å². The maximum Gasteiger partial charge on any atom is 0.316 e. The fourth-order valence-corrected chi connectivity index (χ4v) is 2.14. The largest absolute Gasteiger partial charge is 0.481 e. The highest BCUT2D eigenvalue weighted by Gasteiger charge is 2.13. The van der Waals surface area contributed by atoms with Gasteiger partial charge in [0.25, 0.3) is 0 Å². The molecule has 0 aliphatic rings. The molecule has 0 amide bonds. The molecule has 1 rings (SSSR count). The molecule has 2 N–H and O–H groups in total. The maximum absolute atomic E-state index is 11.6. The van der Waals surface area contributed by atoms with E-state index < -0.39 is 17.2 Å². The topological polar surface area (TPSA) is 91.7 Å². The van der Waals surface area contributed by atoms with E-state index in [1.807, 2.05) is 0 Å². The lowest BCUT2D eigenvalue weighted by molar-refractivity contribution is -0.137. The molecule has 1 unspecified atom stereocenters. The summed E-state index contributed by atoms with van der Waals surface area (Å²) in [5, 5.41) is 16.7. The van der Waals surface area contributed by atoms with Crippen molar-refractivity contribution in [3.63, 3.8) is 0 Å². The summed E-state index contributed by atoms with van der Waals surface area (Å²) in [4.78, 5) is 33.4. The first-order valence-corrected chi connectivity index (χ1v) is 6.52. The first-order valence-electron chi connectivity index (χ1n) is 5.64. The highest BCUT2D eigenvalue weighted by Crippen LogP contribution is 2.23. The van der Waals surface area contributed by atoms with E-state index in [-0.39, 0.29) is 18.6 Å². The minimum atomic E-state index is -1.00. The van der Waals surface area contributed by atoms with Gasteiger partial charge in [-0.2, -0.15) is 0 Å². The van der Waals surface area contributed by atoms with Crippen molar-refractivity contribution < 1.29 is 24.6 Å². The van der Waals surface area contributed by atoms with Gasteiger partial charge in [-0.25, -0.2) is 0 Å². The molecule has 102 valence electrons. The molecule has 0 radical (unpaired) electrons. The first kappa shape index (κ1) is 15.2. The van der Waals surface area contributed by atoms with Crippen LogP contribution in [0.15, 0.2) is 29.2 Å². The van der Waals surface area contributed by atoms with Crippen LogP contribution in [0.1, 0.15) is 30.1 Å². The summed E-state index contributed by atoms with van der Waals surface area (Å²) >= 11 is 1.19. The van der Waals surface area contributed by atoms with Gasteiger partial charge in [-0.05, 0) is 19.1 Å². The number of thioether (sulfide) groups is 1. The lowest BCUT2D eigenvalue weighted by atomic mass is 10.1. The van der Waals surface area contributed by atoms with E-state index in [4.69, 9.17) is 10.2 Å². The van der Waals surface area contributed by atoms with E-state index in [0.717, 1.165) is 4.90 Å². The summed E-state index contributed by atoms with van der Waals surface area (Å²) in [5.41, 5.74) is 0.438. The standard InChI is InChI=1S/C13H14O5S/c1-8(13(17)18)19-10-4-2-9(3-5-10)11(14)6-7-12(15)16/h2-5,8H,6-7H2,1H3,(H,15,16)(H,17,18). The van der Waals surface area contributed by atoms with E-state index in [1.54, 1.807) is 31.2 Å². The van der Waals surface area contributed by atoms with Crippen LogP contribution in [0.4, 0.5) is 0 Å². The molecule has 0 aromatic heterocycles. The molecule has 0 heterocycles. The van der Waals surface area contributed by atoms with Gasteiger partial charge in [0.05, 0.1) is 6.42 Å². The lowest BCUT2D eigenvalue weighted by Gasteiger charge is -2.06. The second kappa shape index (κ2) is 6.94. The number of carbonyl (C=O) groups excluding carboxylic acids is 1. The highest BCUT2D eigenvalue weighted by molar-refractivity contribution is 8.00. The molecular formula is C13H14O5S. The van der Waals surface area contributed by atoms with E-state index >= 15 is 0 Å². The van der Waals surface area contributed by atoms with Gasteiger partial charge in [-0.1, -0.05) is 12.1 Å². The van der Waals surface area contributed by atoms with Crippen LogP contribution in [0.25, 0.3) is 0 Å². The van der Waals surface area contributed by atoms with E-state index in [2.05, 4.69) is 0 Å². The van der Waals surface area contributed by atoms with Crippen LogP contribution in [0, 0.1) is 0 Å². The minimum Gasteiger partial charge on any atom is -0.481 e. The fourth-order valence-electron chi connectivity index (χ4n) is 1.34. The smallest absolute Gasteiger partial charge is 0.316 e. The maximum atomic E-state index is 11.6. The lowest BCUT2D eigenvalue weighted by Crippen LogP contribution is -2.11. The Labute approximate surface area is 114 Å². The number of rotatable bonds is 7. The van der Waals surface area contributed by atoms with Crippen LogP contribution in [-0.4, -0.2) is 33.2 Å². The average molecular weight is 282 g/mol. The van der Waals surface area contributed by atoms with Crippen LogP contribution in [0.5, 0.6) is 0 Å². The molecule has 1 atom stereocenters. The summed E-state index contributed by atoms with van der Waals surface area (Å²) in [5.74, 6) is -2.13. The zero-order valence-corrected chi connectivity index (χ0v) is 11.1. The first-order chi connectivity index (χ1) is 8.90. The van der Waals surface area contributed by atoms with Crippen molar-refractivity contribution >= 4 is 29.5 Å². The molecule has 0 saturated heterocycles. The van der Waals surface area contributed by atoms with Gasteiger partial charge in [0.15, 0.2) is 5.78 Å². The Hall–Kier alpha value is -1.82. The minimum absolute atomic E-state index is 0.0344. The van der Waals surface area contributed by atoms with Crippen molar-refractivity contribution in [1.82, 2.24) is 0 Å². The average Bonchev–Trinajstić information content (AvgIpc) is 2.36. The van der Waals surface area contributed by atoms with Crippen LogP contribution in [0.3, 0.4) is 0 Å². The number of carbonyl (C=O) groups is 3. The second-order valence-corrected chi connectivity index (χ2v) is 5.35. The van der Waals surface area contributed by atoms with Crippen LogP contribution >= 0.6 is 11.8 Å². The molecule has 19 heavy (non-hydrogen) atoms. The normalized spacial score (nSPS) is 11.8. The monoisotopic (exact) mass is 282 g/mol. The number of carboxylic acid groups (broad SMARTS) is 2. The molecule has 1 aromatic rings. The van der Waals surface area contributed by atoms with Crippen LogP contribution in [-0.2, 0) is 9.59 Å². The Morgan fingerprint density at radius 1 is 1.11 bits per heavy atom. The van der Waals surface area contributed by atoms with Gasteiger partial charge in [-0.3, -0.25) is 14.4 Å². The third kappa shape index (κ3) is 5.13. The number of hydrogen-bond donors (Lipinski definition) is 2. The second-order valence-electron chi connectivity index (χ2n) is 3.94. The predicted molar refractivity (Wildman–Crippen MR) is 70.6 cm³/mol. The van der Waals surface area contributed by atoms with E-state index in [9.17, 15) is 14.4 Å². The molecule has 6 heteroatoms. The molecule has 0 aliphatic carbocycles. The van der Waals surface area contributed by atoms with Crippen LogP contribution < -0.4 is 0 Å². The number of hydrogen-bond acceptors (Lipinski definition) is 4. The summed E-state index contributed by atoms with van der Waals surface area (Å²) < 4.78 is 0. The number of benzene rings is 1. The van der Waals surface area contributed by atoms with Crippen molar-refractivity contribution in [2.45, 2.75) is 29.9 Å². The van der Waals surface area contributed by atoms with Gasteiger partial charge in [0.2, 0.25) is 0 Å². The summed E-state index contributed by atoms with van der Waals surface area (Å²) in [6.45, 7) is 1.58. The van der Waals surface area contributed by atoms with Gasteiger partial charge >= 0.3 is 11.9 Å². The number of ketones is 1. The zero-order chi connectivity index (χ0) is 14.4. The van der Waals surface area contributed by atoms with Gasteiger partial charge in [0, 0.05) is 16.9 Å². The molecule has 0 aliphatic heterocycles. The van der Waals surface area contributed by atoms with Crippen molar-refractivity contribution in [3.05, 3.63) is 29.8 Å². The Kier molecular flexibility index (Phi) is 5.57. The van der Waals surface area contributed by atoms with Crippen molar-refractivity contribution in [3.8, 4) is 0 Å². The quantitative estimate of drug-likeness (QED) is 0.589. The van der Waals surface area contributed by atoms with Gasteiger partial charge in [0.1, 0.15) is 5.25 Å². The Morgan fingerprint density at radius 3 is 2.16 bits per heavy atom. The third-order valence-corrected chi connectivity index (χ3v) is 3.50. The third-order valence-electron chi connectivity index (χ3n) is 2.40. The fraction of sp³-hybridized carbons (Fsp3) is 0.308. The summed E-state index contributed by atoms with van der Waals surface area (Å²) in [7, 11) is 0. The van der Waals surface area contributed by atoms with Gasteiger partial charge < -0.3 is 10.2 Å². The Balaban J connectivity index is 2.63. The summed E-state index contributed by atoms with van der Waals surface area (Å²) in [6.07, 6.45) is -0.223. The highest BCUT2D eigenvalue weighted by atomic mass is 32.2. The molecule has 1 aromatic carbocycles. The molecule has 0 spiro atoms. The van der Waals surface area contributed by atoms with E-state index in [1.165, 1.54) is 11.8 Å². The zero-order valence-electron chi connectivity index (χ0n) is 10.3. The van der Waals surface area contributed by atoms with Crippen molar-refractivity contribution in [1.29, 1.82) is 0 Å². The SMILES string of the molecule is CC(Sc1ccc(C(=O)CCC(=O)O)cc1)C(=O)O. The van der Waals surface area contributed by atoms with E-state index in [0.29, 0.717) is 5.56 Å². The van der Waals surface area contributed by atoms with Crippen LogP contribution in [0.2, 0.25) is 0 Å². The molecule has 5 nitrogen and oxygen atoms in total. The van der Waals surface area contributed by atoms with Crippen molar-refractivity contribution in [2.75, 3.05) is 0 Å². The predicted octanol–water partition coefficient (Wildman–Crippen LogP) is 2.30. The Morgan fingerprint density at radius 2 is 1.68 bits per heavy atom. The number of aliphatic carboxylic acids is 2. The molecular weight excluding hydrogens is 268 g/mol. The molecule has 0 bridgehead atoms. The summed E-state index contributed by atoms with van der Waals surface area (Å²) in [6, 6.07) is 6.50. The number of Topliss-reactive ketones (excluding diaryl/α,β-unsaturated/α-hetero) is 1. The molecule has 0 fully saturated rings. The molecule has 0 saturated carbocycles. The Bertz CT molecular complexity index is 480. The number of carboxylic acids is 2. The van der Waals surface area contributed by atoms with Gasteiger partial charge in [-0.15, -0.1) is 11.8 Å².